The van der Waals surface area contributed by atoms with Crippen molar-refractivity contribution in [1.29, 1.82) is 0 Å². The molecule has 5 nitrogen and oxygen atoms in total. The molecule has 2 N–H and O–H groups in total. The highest BCUT2D eigenvalue weighted by Crippen LogP contribution is 2.12. The van der Waals surface area contributed by atoms with Crippen molar-refractivity contribution in [3.05, 3.63) is 53.3 Å². The van der Waals surface area contributed by atoms with Gasteiger partial charge in [0.05, 0.1) is 11.8 Å². The van der Waals surface area contributed by atoms with E-state index < -0.39 is 5.97 Å². The molecule has 0 saturated heterocycles. The van der Waals surface area contributed by atoms with Crippen molar-refractivity contribution >= 4 is 5.97 Å². The first-order valence-electron chi connectivity index (χ1n) is 6.10. The highest BCUT2D eigenvalue weighted by Gasteiger charge is 2.07. The number of aromatic carboxylic acids is 1. The number of benzene rings is 1. The molecule has 1 atom stereocenters. The van der Waals surface area contributed by atoms with E-state index in [-0.39, 0.29) is 6.04 Å². The molecule has 1 aromatic carbocycles. The van der Waals surface area contributed by atoms with Crippen LogP contribution in [0.15, 0.2) is 36.7 Å². The average Bonchev–Trinajstić information content (AvgIpc) is 2.83. The summed E-state index contributed by atoms with van der Waals surface area (Å²) in [5.41, 5.74) is 2.49. The van der Waals surface area contributed by atoms with Crippen LogP contribution < -0.4 is 5.32 Å². The molecule has 1 heterocycles. The summed E-state index contributed by atoms with van der Waals surface area (Å²) in [6.45, 7) is 2.76. The van der Waals surface area contributed by atoms with Crippen LogP contribution in [0.3, 0.4) is 0 Å². The lowest BCUT2D eigenvalue weighted by molar-refractivity contribution is 0.0697. The van der Waals surface area contributed by atoms with Gasteiger partial charge >= 0.3 is 5.97 Å². The lowest BCUT2D eigenvalue weighted by Crippen LogP contribution is -2.17. The summed E-state index contributed by atoms with van der Waals surface area (Å²) in [6, 6.07) is 7.09. The first kappa shape index (κ1) is 13.3. The summed E-state index contributed by atoms with van der Waals surface area (Å²) in [6.07, 6.45) is 3.82. The van der Waals surface area contributed by atoms with Crippen LogP contribution in [0.4, 0.5) is 0 Å². The van der Waals surface area contributed by atoms with E-state index >= 15 is 0 Å². The molecular formula is C14H17N3O2. The lowest BCUT2D eigenvalue weighted by Gasteiger charge is -2.12. The number of nitrogens with zero attached hydrogens (tertiary/aromatic N) is 2. The Balaban J connectivity index is 1.93. The van der Waals surface area contributed by atoms with E-state index in [2.05, 4.69) is 17.3 Å². The molecule has 0 fully saturated rings. The second-order valence-corrected chi connectivity index (χ2v) is 4.55. The SMILES string of the molecule is CC(NCc1ccc(C(=O)O)cc1)c1cnn(C)c1. The van der Waals surface area contributed by atoms with E-state index in [1.54, 1.807) is 16.8 Å². The number of carboxylic acids is 1. The second kappa shape index (κ2) is 5.67. The lowest BCUT2D eigenvalue weighted by atomic mass is 10.1. The summed E-state index contributed by atoms with van der Waals surface area (Å²) in [7, 11) is 1.89. The molecular weight excluding hydrogens is 242 g/mol. The van der Waals surface area contributed by atoms with E-state index in [4.69, 9.17) is 5.11 Å². The van der Waals surface area contributed by atoms with Gasteiger partial charge in [0, 0.05) is 31.4 Å². The van der Waals surface area contributed by atoms with Crippen molar-refractivity contribution in [1.82, 2.24) is 15.1 Å². The zero-order valence-corrected chi connectivity index (χ0v) is 11.0. The van der Waals surface area contributed by atoms with Gasteiger partial charge in [-0.25, -0.2) is 4.79 Å². The van der Waals surface area contributed by atoms with Gasteiger partial charge in [0.1, 0.15) is 0 Å². The minimum absolute atomic E-state index is 0.202. The molecule has 0 aliphatic rings. The molecule has 0 spiro atoms. The second-order valence-electron chi connectivity index (χ2n) is 4.55. The molecule has 0 aliphatic heterocycles. The van der Waals surface area contributed by atoms with Crippen molar-refractivity contribution in [2.24, 2.45) is 7.05 Å². The topological polar surface area (TPSA) is 67.2 Å². The smallest absolute Gasteiger partial charge is 0.335 e. The third-order valence-corrected chi connectivity index (χ3v) is 3.04. The highest BCUT2D eigenvalue weighted by atomic mass is 16.4. The Morgan fingerprint density at radius 1 is 1.42 bits per heavy atom. The monoisotopic (exact) mass is 259 g/mol. The Kier molecular flexibility index (Phi) is 3.97. The third kappa shape index (κ3) is 3.42. The molecule has 2 aromatic rings. The molecule has 0 bridgehead atoms. The van der Waals surface area contributed by atoms with Crippen LogP contribution >= 0.6 is 0 Å². The maximum Gasteiger partial charge on any atom is 0.335 e. The summed E-state index contributed by atoms with van der Waals surface area (Å²) < 4.78 is 1.77. The van der Waals surface area contributed by atoms with Gasteiger partial charge in [-0.3, -0.25) is 4.68 Å². The van der Waals surface area contributed by atoms with E-state index in [0.717, 1.165) is 11.1 Å². The Bertz CT molecular complexity index is 560. The molecule has 2 rings (SSSR count). The summed E-state index contributed by atoms with van der Waals surface area (Å²) in [4.78, 5) is 10.7. The van der Waals surface area contributed by atoms with E-state index in [1.165, 1.54) is 0 Å². The first-order chi connectivity index (χ1) is 9.06. The maximum atomic E-state index is 10.7. The maximum absolute atomic E-state index is 10.7. The molecule has 0 radical (unpaired) electrons. The van der Waals surface area contributed by atoms with Gasteiger partial charge in [0.2, 0.25) is 0 Å². The number of hydrogen-bond donors (Lipinski definition) is 2. The summed E-state index contributed by atoms with van der Waals surface area (Å²) >= 11 is 0. The van der Waals surface area contributed by atoms with Crippen molar-refractivity contribution in [3.8, 4) is 0 Å². The number of carbonyl (C=O) groups is 1. The van der Waals surface area contributed by atoms with Crippen LogP contribution in [-0.4, -0.2) is 20.9 Å². The summed E-state index contributed by atoms with van der Waals surface area (Å²) in [5, 5.41) is 16.3. The quantitative estimate of drug-likeness (QED) is 0.861. The molecule has 1 unspecified atom stereocenters. The van der Waals surface area contributed by atoms with Crippen LogP contribution in [0, 0.1) is 0 Å². The number of carboxylic acid groups (broad SMARTS) is 1. The molecule has 1 aromatic heterocycles. The van der Waals surface area contributed by atoms with E-state index in [0.29, 0.717) is 12.1 Å². The largest absolute Gasteiger partial charge is 0.478 e. The molecule has 0 aliphatic carbocycles. The van der Waals surface area contributed by atoms with Gasteiger partial charge in [-0.1, -0.05) is 12.1 Å². The molecule has 5 heteroatoms. The minimum Gasteiger partial charge on any atom is -0.478 e. The predicted octanol–water partition coefficient (Wildman–Crippen LogP) is 1.97. The fourth-order valence-electron chi connectivity index (χ4n) is 1.82. The first-order valence-corrected chi connectivity index (χ1v) is 6.10. The number of rotatable bonds is 5. The summed E-state index contributed by atoms with van der Waals surface area (Å²) in [5.74, 6) is -0.900. The normalized spacial score (nSPS) is 12.3. The van der Waals surface area contributed by atoms with Crippen LogP contribution in [0.5, 0.6) is 0 Å². The van der Waals surface area contributed by atoms with Crippen LogP contribution in [0.2, 0.25) is 0 Å². The molecule has 19 heavy (non-hydrogen) atoms. The van der Waals surface area contributed by atoms with Gasteiger partial charge in [-0.2, -0.15) is 5.10 Å². The molecule has 0 saturated carbocycles. The number of aryl methyl sites for hydroxylation is 1. The van der Waals surface area contributed by atoms with E-state index in [1.807, 2.05) is 31.6 Å². The van der Waals surface area contributed by atoms with E-state index in [9.17, 15) is 4.79 Å². The standard InChI is InChI=1S/C14H17N3O2/c1-10(13-8-16-17(2)9-13)15-7-11-3-5-12(6-4-11)14(18)19/h3-6,8-10,15H,7H2,1-2H3,(H,18,19). The van der Waals surface area contributed by atoms with Crippen LogP contribution in [0.25, 0.3) is 0 Å². The Labute approximate surface area is 111 Å². The third-order valence-electron chi connectivity index (χ3n) is 3.04. The minimum atomic E-state index is -0.900. The van der Waals surface area contributed by atoms with Crippen molar-refractivity contribution < 1.29 is 9.90 Å². The fraction of sp³-hybridized carbons (Fsp3) is 0.286. The molecule has 0 amide bonds. The fourth-order valence-corrected chi connectivity index (χ4v) is 1.82. The van der Waals surface area contributed by atoms with Gasteiger partial charge in [0.15, 0.2) is 0 Å². The highest BCUT2D eigenvalue weighted by molar-refractivity contribution is 5.87. The van der Waals surface area contributed by atoms with Gasteiger partial charge in [-0.15, -0.1) is 0 Å². The predicted molar refractivity (Wildman–Crippen MR) is 71.9 cm³/mol. The van der Waals surface area contributed by atoms with Crippen molar-refractivity contribution in [2.75, 3.05) is 0 Å². The number of nitrogens with one attached hydrogen (secondary N) is 1. The molecule has 100 valence electrons. The van der Waals surface area contributed by atoms with Gasteiger partial charge in [0.25, 0.3) is 0 Å². The number of aromatic nitrogens is 2. The zero-order chi connectivity index (χ0) is 13.8. The van der Waals surface area contributed by atoms with Crippen LogP contribution in [-0.2, 0) is 13.6 Å². The average molecular weight is 259 g/mol. The van der Waals surface area contributed by atoms with Crippen molar-refractivity contribution in [3.63, 3.8) is 0 Å². The van der Waals surface area contributed by atoms with Gasteiger partial charge < -0.3 is 10.4 Å². The van der Waals surface area contributed by atoms with Crippen LogP contribution in [0.1, 0.15) is 34.5 Å². The Morgan fingerprint density at radius 3 is 2.63 bits per heavy atom. The van der Waals surface area contributed by atoms with Gasteiger partial charge in [-0.05, 0) is 24.6 Å². The zero-order valence-electron chi connectivity index (χ0n) is 11.0. The Morgan fingerprint density at radius 2 is 2.11 bits per heavy atom. The van der Waals surface area contributed by atoms with Crippen molar-refractivity contribution in [2.45, 2.75) is 19.5 Å². The Hall–Kier alpha value is -2.14. The number of hydrogen-bond acceptors (Lipinski definition) is 3.